The molecule has 0 aliphatic heterocycles. The van der Waals surface area contributed by atoms with Gasteiger partial charge in [0.15, 0.2) is 0 Å². The summed E-state index contributed by atoms with van der Waals surface area (Å²) in [4.78, 5) is 12.1. The Hall–Kier alpha value is -1.52. The van der Waals surface area contributed by atoms with E-state index in [1.807, 2.05) is 52.0 Å². The van der Waals surface area contributed by atoms with Gasteiger partial charge < -0.3 is 10.1 Å². The lowest BCUT2D eigenvalue weighted by Crippen LogP contribution is -2.14. The molecule has 134 valence electrons. The quantitative estimate of drug-likeness (QED) is 0.566. The summed E-state index contributed by atoms with van der Waals surface area (Å²) in [7, 11) is 0. The van der Waals surface area contributed by atoms with E-state index in [4.69, 9.17) is 16.3 Å². The molecule has 0 saturated heterocycles. The van der Waals surface area contributed by atoms with Gasteiger partial charge in [-0.25, -0.2) is 0 Å². The molecule has 0 aromatic heterocycles. The fourth-order valence-corrected chi connectivity index (χ4v) is 3.21. The van der Waals surface area contributed by atoms with Crippen LogP contribution in [0.1, 0.15) is 35.1 Å². The molecule has 1 amide bonds. The molecule has 0 radical (unpaired) electrons. The van der Waals surface area contributed by atoms with E-state index >= 15 is 0 Å². The van der Waals surface area contributed by atoms with Crippen LogP contribution in [-0.4, -0.2) is 12.5 Å². The Morgan fingerprint density at radius 1 is 1.16 bits per heavy atom. The molecule has 1 N–H and O–H groups in total. The predicted molar refractivity (Wildman–Crippen MR) is 108 cm³/mol. The average molecular weight is 425 g/mol. The van der Waals surface area contributed by atoms with Gasteiger partial charge in [-0.2, -0.15) is 0 Å². The maximum atomic E-state index is 12.1. The molecule has 2 aromatic rings. The van der Waals surface area contributed by atoms with Gasteiger partial charge in [0.2, 0.25) is 5.91 Å². The van der Waals surface area contributed by atoms with E-state index < -0.39 is 0 Å². The zero-order valence-corrected chi connectivity index (χ0v) is 17.3. The molecule has 0 atom stereocenters. The van der Waals surface area contributed by atoms with Crippen LogP contribution in [0.25, 0.3) is 0 Å². The number of hydrogen-bond donors (Lipinski definition) is 1. The van der Waals surface area contributed by atoms with Gasteiger partial charge in [0, 0.05) is 17.1 Å². The highest BCUT2D eigenvalue weighted by Gasteiger charge is 2.11. The van der Waals surface area contributed by atoms with E-state index in [0.29, 0.717) is 19.4 Å². The number of carbonyl (C=O) groups is 1. The lowest BCUT2D eigenvalue weighted by Gasteiger charge is -2.13. The highest BCUT2D eigenvalue weighted by atomic mass is 79.9. The summed E-state index contributed by atoms with van der Waals surface area (Å²) in [6.07, 6.45) is 1.06. The summed E-state index contributed by atoms with van der Waals surface area (Å²) in [5.74, 6) is 0.758. The Balaban J connectivity index is 1.85. The number of amides is 1. The van der Waals surface area contributed by atoms with Gasteiger partial charge in [-0.3, -0.25) is 4.79 Å². The van der Waals surface area contributed by atoms with Crippen molar-refractivity contribution in [1.29, 1.82) is 0 Å². The van der Waals surface area contributed by atoms with Gasteiger partial charge in [-0.1, -0.05) is 23.7 Å². The first kappa shape index (κ1) is 19.8. The minimum atomic E-state index is -0.000155. The molecular formula is C20H23BrClNO2. The smallest absolute Gasteiger partial charge is 0.224 e. The van der Waals surface area contributed by atoms with Crippen LogP contribution in [0.4, 0.5) is 5.69 Å². The van der Waals surface area contributed by atoms with Gasteiger partial charge in [0.05, 0.1) is 11.1 Å². The van der Waals surface area contributed by atoms with Crippen molar-refractivity contribution >= 4 is 39.1 Å². The van der Waals surface area contributed by atoms with Crippen LogP contribution in [0, 0.1) is 27.7 Å². The van der Waals surface area contributed by atoms with E-state index in [2.05, 4.69) is 21.2 Å². The normalized spacial score (nSPS) is 10.6. The van der Waals surface area contributed by atoms with Crippen LogP contribution in [-0.2, 0) is 4.79 Å². The van der Waals surface area contributed by atoms with Crippen molar-refractivity contribution in [2.24, 2.45) is 0 Å². The number of anilines is 1. The molecule has 25 heavy (non-hydrogen) atoms. The molecule has 3 nitrogen and oxygen atoms in total. The number of aryl methyl sites for hydroxylation is 2. The Morgan fingerprint density at radius 2 is 1.88 bits per heavy atom. The van der Waals surface area contributed by atoms with Crippen LogP contribution >= 0.6 is 27.5 Å². The van der Waals surface area contributed by atoms with E-state index in [0.717, 1.165) is 37.6 Å². The second-order valence-electron chi connectivity index (χ2n) is 6.19. The molecule has 0 spiro atoms. The third-order valence-corrected chi connectivity index (χ3v) is 5.82. The van der Waals surface area contributed by atoms with Gasteiger partial charge in [0.25, 0.3) is 0 Å². The fraction of sp³-hybridized carbons (Fsp3) is 0.350. The SMILES string of the molecule is Cc1cccc(NC(=O)CCCOc2cc(C)c(Cl)c(C)c2Br)c1C. The number of ether oxygens (including phenoxy) is 1. The summed E-state index contributed by atoms with van der Waals surface area (Å²) in [5, 5.41) is 3.71. The van der Waals surface area contributed by atoms with Crippen molar-refractivity contribution in [1.82, 2.24) is 0 Å². The van der Waals surface area contributed by atoms with E-state index in [1.165, 1.54) is 5.56 Å². The molecule has 0 bridgehead atoms. The summed E-state index contributed by atoms with van der Waals surface area (Å²) >= 11 is 9.74. The molecule has 5 heteroatoms. The van der Waals surface area contributed by atoms with Crippen molar-refractivity contribution in [2.45, 2.75) is 40.5 Å². The number of rotatable bonds is 6. The second-order valence-corrected chi connectivity index (χ2v) is 7.36. The Bertz CT molecular complexity index is 790. The Labute approximate surface area is 162 Å². The first-order chi connectivity index (χ1) is 11.8. The fourth-order valence-electron chi connectivity index (χ4n) is 2.52. The highest BCUT2D eigenvalue weighted by molar-refractivity contribution is 9.10. The maximum absolute atomic E-state index is 12.1. The molecule has 2 aromatic carbocycles. The first-order valence-electron chi connectivity index (χ1n) is 8.25. The minimum absolute atomic E-state index is 0.000155. The summed E-state index contributed by atoms with van der Waals surface area (Å²) in [6, 6.07) is 7.82. The monoisotopic (exact) mass is 423 g/mol. The van der Waals surface area contributed by atoms with Gasteiger partial charge in [0.1, 0.15) is 5.75 Å². The van der Waals surface area contributed by atoms with Crippen molar-refractivity contribution in [3.05, 3.63) is 56.0 Å². The van der Waals surface area contributed by atoms with Crippen LogP contribution in [0.2, 0.25) is 5.02 Å². The topological polar surface area (TPSA) is 38.3 Å². The molecule has 0 heterocycles. The van der Waals surface area contributed by atoms with E-state index in [-0.39, 0.29) is 5.91 Å². The van der Waals surface area contributed by atoms with Crippen LogP contribution in [0.3, 0.4) is 0 Å². The van der Waals surface area contributed by atoms with Crippen LogP contribution in [0.5, 0.6) is 5.75 Å². The molecule has 0 unspecified atom stereocenters. The molecular weight excluding hydrogens is 402 g/mol. The summed E-state index contributed by atoms with van der Waals surface area (Å²) in [5.41, 5.74) is 5.08. The molecule has 0 fully saturated rings. The zero-order chi connectivity index (χ0) is 18.6. The average Bonchev–Trinajstić information content (AvgIpc) is 2.58. The summed E-state index contributed by atoms with van der Waals surface area (Å²) in [6.45, 7) is 8.42. The first-order valence-corrected chi connectivity index (χ1v) is 9.42. The Morgan fingerprint density at radius 3 is 2.60 bits per heavy atom. The van der Waals surface area contributed by atoms with Gasteiger partial charge >= 0.3 is 0 Å². The predicted octanol–water partition coefficient (Wildman–Crippen LogP) is 6.13. The van der Waals surface area contributed by atoms with Crippen molar-refractivity contribution < 1.29 is 9.53 Å². The van der Waals surface area contributed by atoms with Crippen molar-refractivity contribution in [2.75, 3.05) is 11.9 Å². The highest BCUT2D eigenvalue weighted by Crippen LogP contribution is 2.35. The number of carbonyl (C=O) groups excluding carboxylic acids is 1. The zero-order valence-electron chi connectivity index (χ0n) is 15.0. The number of nitrogens with one attached hydrogen (secondary N) is 1. The molecule has 0 aliphatic carbocycles. The number of benzene rings is 2. The third kappa shape index (κ3) is 4.99. The molecule has 0 aliphatic rings. The third-order valence-electron chi connectivity index (χ3n) is 4.25. The van der Waals surface area contributed by atoms with Crippen molar-refractivity contribution in [3.63, 3.8) is 0 Å². The molecule has 0 saturated carbocycles. The molecule has 2 rings (SSSR count). The van der Waals surface area contributed by atoms with Gasteiger partial charge in [-0.05, 0) is 84.4 Å². The number of halogens is 2. The van der Waals surface area contributed by atoms with Gasteiger partial charge in [-0.15, -0.1) is 0 Å². The lowest BCUT2D eigenvalue weighted by atomic mass is 10.1. The van der Waals surface area contributed by atoms with Crippen molar-refractivity contribution in [3.8, 4) is 5.75 Å². The lowest BCUT2D eigenvalue weighted by molar-refractivity contribution is -0.116. The second kappa shape index (κ2) is 8.72. The number of hydrogen-bond acceptors (Lipinski definition) is 2. The van der Waals surface area contributed by atoms with Crippen LogP contribution < -0.4 is 10.1 Å². The van der Waals surface area contributed by atoms with Crippen LogP contribution in [0.15, 0.2) is 28.7 Å². The maximum Gasteiger partial charge on any atom is 0.224 e. The summed E-state index contributed by atoms with van der Waals surface area (Å²) < 4.78 is 6.68. The Kier molecular flexibility index (Phi) is 6.91. The largest absolute Gasteiger partial charge is 0.492 e. The van der Waals surface area contributed by atoms with E-state index in [1.54, 1.807) is 0 Å². The van der Waals surface area contributed by atoms with E-state index in [9.17, 15) is 4.79 Å². The standard InChI is InChI=1S/C20H23BrClNO2/c1-12-7-5-8-16(14(12)3)23-18(24)9-6-10-25-17-11-13(2)20(22)15(4)19(17)21/h5,7-8,11H,6,9-10H2,1-4H3,(H,23,24). The minimum Gasteiger partial charge on any atom is -0.492 e.